The Labute approximate surface area is 93.3 Å². The van der Waals surface area contributed by atoms with Crippen molar-refractivity contribution in [3.8, 4) is 5.75 Å². The summed E-state index contributed by atoms with van der Waals surface area (Å²) in [5.74, 6) is -0.328. The van der Waals surface area contributed by atoms with Crippen LogP contribution in [0.4, 0.5) is 0 Å². The molecule has 0 aliphatic heterocycles. The first-order valence-corrected chi connectivity index (χ1v) is 4.94. The zero-order valence-electron chi connectivity index (χ0n) is 9.15. The molecule has 0 amide bonds. The fourth-order valence-corrected chi connectivity index (χ4v) is 1.78. The van der Waals surface area contributed by atoms with Crippen LogP contribution in [0.1, 0.15) is 15.9 Å². The summed E-state index contributed by atoms with van der Waals surface area (Å²) in [6, 6.07) is 8.88. The van der Waals surface area contributed by atoms with Gasteiger partial charge in [-0.25, -0.2) is 4.79 Å². The normalized spacial score (nSPS) is 10.4. The number of carbonyl (C=O) groups is 1. The summed E-state index contributed by atoms with van der Waals surface area (Å²) >= 11 is 0. The third-order valence-corrected chi connectivity index (χ3v) is 2.69. The first kappa shape index (κ1) is 10.5. The fourth-order valence-electron chi connectivity index (χ4n) is 1.78. The topological polar surface area (TPSA) is 46.5 Å². The number of ether oxygens (including phenoxy) is 1. The van der Waals surface area contributed by atoms with E-state index in [0.29, 0.717) is 5.56 Å². The molecule has 0 radical (unpaired) electrons. The van der Waals surface area contributed by atoms with Crippen LogP contribution in [0.25, 0.3) is 10.8 Å². The van der Waals surface area contributed by atoms with E-state index in [1.165, 1.54) is 13.2 Å². The van der Waals surface area contributed by atoms with Crippen LogP contribution in [0.2, 0.25) is 0 Å². The number of phenols is 1. The molecular weight excluding hydrogens is 204 g/mol. The lowest BCUT2D eigenvalue weighted by Gasteiger charge is -2.09. The molecule has 0 aliphatic rings. The Kier molecular flexibility index (Phi) is 2.52. The smallest absolute Gasteiger partial charge is 0.338 e. The zero-order valence-corrected chi connectivity index (χ0v) is 9.15. The molecule has 3 heteroatoms. The summed E-state index contributed by atoms with van der Waals surface area (Å²) in [6.45, 7) is 1.82. The van der Waals surface area contributed by atoms with Crippen molar-refractivity contribution in [1.82, 2.24) is 0 Å². The van der Waals surface area contributed by atoms with Crippen molar-refractivity contribution >= 4 is 16.7 Å². The van der Waals surface area contributed by atoms with E-state index in [1.54, 1.807) is 0 Å². The maximum absolute atomic E-state index is 11.6. The molecule has 0 saturated carbocycles. The predicted octanol–water partition coefficient (Wildman–Crippen LogP) is 2.64. The standard InChI is InChI=1S/C13H12O3/c1-8-9-5-3-4-6-10(9)11(7-12(8)14)13(15)16-2/h3-7,14H,1-2H3. The number of benzene rings is 2. The zero-order chi connectivity index (χ0) is 11.7. The van der Waals surface area contributed by atoms with Crippen molar-refractivity contribution in [1.29, 1.82) is 0 Å². The predicted molar refractivity (Wildman–Crippen MR) is 61.7 cm³/mol. The first-order chi connectivity index (χ1) is 7.65. The summed E-state index contributed by atoms with van der Waals surface area (Å²) in [7, 11) is 1.33. The van der Waals surface area contributed by atoms with Gasteiger partial charge in [0.1, 0.15) is 5.75 Å². The van der Waals surface area contributed by atoms with Crippen molar-refractivity contribution in [2.24, 2.45) is 0 Å². The molecular formula is C13H12O3. The van der Waals surface area contributed by atoms with E-state index in [4.69, 9.17) is 0 Å². The van der Waals surface area contributed by atoms with Crippen LogP contribution in [-0.4, -0.2) is 18.2 Å². The van der Waals surface area contributed by atoms with E-state index in [2.05, 4.69) is 4.74 Å². The molecule has 2 aromatic rings. The Bertz CT molecular complexity index is 558. The average molecular weight is 216 g/mol. The number of fused-ring (bicyclic) bond motifs is 1. The molecule has 2 rings (SSSR count). The summed E-state index contributed by atoms with van der Waals surface area (Å²) in [5, 5.41) is 11.4. The van der Waals surface area contributed by atoms with E-state index in [0.717, 1.165) is 16.3 Å². The minimum atomic E-state index is -0.438. The molecule has 3 nitrogen and oxygen atoms in total. The van der Waals surface area contributed by atoms with Crippen molar-refractivity contribution in [3.05, 3.63) is 41.5 Å². The van der Waals surface area contributed by atoms with Crippen LogP contribution in [-0.2, 0) is 4.74 Å². The first-order valence-electron chi connectivity index (χ1n) is 4.94. The van der Waals surface area contributed by atoms with Gasteiger partial charge in [0, 0.05) is 0 Å². The maximum atomic E-state index is 11.6. The number of esters is 1. The van der Waals surface area contributed by atoms with Crippen molar-refractivity contribution in [2.45, 2.75) is 6.92 Å². The molecule has 0 aliphatic carbocycles. The number of carbonyl (C=O) groups excluding carboxylic acids is 1. The van der Waals surface area contributed by atoms with Crippen molar-refractivity contribution in [3.63, 3.8) is 0 Å². The molecule has 2 aromatic carbocycles. The lowest BCUT2D eigenvalue weighted by atomic mass is 9.99. The third-order valence-electron chi connectivity index (χ3n) is 2.69. The van der Waals surface area contributed by atoms with Gasteiger partial charge < -0.3 is 9.84 Å². The molecule has 82 valence electrons. The van der Waals surface area contributed by atoms with Crippen LogP contribution in [0.5, 0.6) is 5.75 Å². The number of aryl methyl sites for hydroxylation is 1. The van der Waals surface area contributed by atoms with E-state index in [1.807, 2.05) is 31.2 Å². The van der Waals surface area contributed by atoms with Crippen LogP contribution < -0.4 is 0 Å². The SMILES string of the molecule is COC(=O)c1cc(O)c(C)c2ccccc12. The monoisotopic (exact) mass is 216 g/mol. The minimum absolute atomic E-state index is 0.110. The van der Waals surface area contributed by atoms with Crippen LogP contribution in [0, 0.1) is 6.92 Å². The molecule has 0 aromatic heterocycles. The maximum Gasteiger partial charge on any atom is 0.338 e. The molecule has 0 bridgehead atoms. The highest BCUT2D eigenvalue weighted by atomic mass is 16.5. The van der Waals surface area contributed by atoms with E-state index in [-0.39, 0.29) is 5.75 Å². The van der Waals surface area contributed by atoms with Gasteiger partial charge in [0.2, 0.25) is 0 Å². The summed E-state index contributed by atoms with van der Waals surface area (Å²) in [6.07, 6.45) is 0. The number of hydrogen-bond donors (Lipinski definition) is 1. The second-order valence-electron chi connectivity index (χ2n) is 3.61. The second kappa shape index (κ2) is 3.85. The molecule has 0 fully saturated rings. The summed E-state index contributed by atoms with van der Waals surface area (Å²) in [4.78, 5) is 11.6. The van der Waals surface area contributed by atoms with Crippen LogP contribution in [0.3, 0.4) is 0 Å². The Morgan fingerprint density at radius 1 is 1.25 bits per heavy atom. The van der Waals surface area contributed by atoms with Gasteiger partial charge in [-0.3, -0.25) is 0 Å². The van der Waals surface area contributed by atoms with Gasteiger partial charge in [-0.1, -0.05) is 24.3 Å². The number of rotatable bonds is 1. The Hall–Kier alpha value is -2.03. The number of methoxy groups -OCH3 is 1. The van der Waals surface area contributed by atoms with Gasteiger partial charge in [0.15, 0.2) is 0 Å². The van der Waals surface area contributed by atoms with Gasteiger partial charge in [0.25, 0.3) is 0 Å². The van der Waals surface area contributed by atoms with Gasteiger partial charge in [-0.2, -0.15) is 0 Å². The molecule has 0 atom stereocenters. The largest absolute Gasteiger partial charge is 0.508 e. The molecule has 0 saturated heterocycles. The van der Waals surface area contributed by atoms with Crippen LogP contribution in [0.15, 0.2) is 30.3 Å². The number of phenolic OH excluding ortho intramolecular Hbond substituents is 1. The van der Waals surface area contributed by atoms with Crippen molar-refractivity contribution < 1.29 is 14.6 Å². The number of aromatic hydroxyl groups is 1. The quantitative estimate of drug-likeness (QED) is 0.745. The minimum Gasteiger partial charge on any atom is -0.508 e. The van der Waals surface area contributed by atoms with E-state index < -0.39 is 5.97 Å². The summed E-state index contributed by atoms with van der Waals surface area (Å²) < 4.78 is 4.69. The molecule has 0 spiro atoms. The lowest BCUT2D eigenvalue weighted by molar-refractivity contribution is 0.0602. The van der Waals surface area contributed by atoms with Gasteiger partial charge in [0.05, 0.1) is 12.7 Å². The molecule has 0 heterocycles. The van der Waals surface area contributed by atoms with Gasteiger partial charge in [-0.15, -0.1) is 0 Å². The fraction of sp³-hybridized carbons (Fsp3) is 0.154. The lowest BCUT2D eigenvalue weighted by Crippen LogP contribution is -2.02. The average Bonchev–Trinajstić information content (AvgIpc) is 2.33. The van der Waals surface area contributed by atoms with Gasteiger partial charge in [-0.05, 0) is 29.3 Å². The van der Waals surface area contributed by atoms with E-state index >= 15 is 0 Å². The number of hydrogen-bond acceptors (Lipinski definition) is 3. The third kappa shape index (κ3) is 1.50. The molecule has 1 N–H and O–H groups in total. The Morgan fingerprint density at radius 3 is 2.50 bits per heavy atom. The second-order valence-corrected chi connectivity index (χ2v) is 3.61. The highest BCUT2D eigenvalue weighted by Crippen LogP contribution is 2.29. The Morgan fingerprint density at radius 2 is 1.88 bits per heavy atom. The highest BCUT2D eigenvalue weighted by Gasteiger charge is 2.14. The van der Waals surface area contributed by atoms with Crippen molar-refractivity contribution in [2.75, 3.05) is 7.11 Å². The van der Waals surface area contributed by atoms with Crippen LogP contribution >= 0.6 is 0 Å². The van der Waals surface area contributed by atoms with Gasteiger partial charge >= 0.3 is 5.97 Å². The summed E-state index contributed by atoms with van der Waals surface area (Å²) in [5.41, 5.74) is 1.16. The highest BCUT2D eigenvalue weighted by molar-refractivity contribution is 6.06. The molecule has 16 heavy (non-hydrogen) atoms. The Balaban J connectivity index is 2.85. The molecule has 0 unspecified atom stereocenters. The van der Waals surface area contributed by atoms with E-state index in [9.17, 15) is 9.90 Å².